The highest BCUT2D eigenvalue weighted by Crippen LogP contribution is 2.33. The molecule has 2 bridgehead atoms. The Hall–Kier alpha value is -2.54. The Morgan fingerprint density at radius 3 is 2.73 bits per heavy atom. The highest BCUT2D eigenvalue weighted by molar-refractivity contribution is 5.89. The predicted molar refractivity (Wildman–Crippen MR) is 95.8 cm³/mol. The van der Waals surface area contributed by atoms with Gasteiger partial charge in [0.1, 0.15) is 12.4 Å². The molecule has 1 aromatic rings. The standard InChI is InChI=1S/C19H24N2O5/c1-2-25-18(23)16-11-21-10-13(17(16)22)8-9-15(21)12-26-19(24)20-14-6-4-3-5-7-14/h3-7,13,15,22H,2,8-12H2,1H3,(H,20,24). The van der Waals surface area contributed by atoms with Gasteiger partial charge in [0.05, 0.1) is 12.2 Å². The van der Waals surface area contributed by atoms with Crippen LogP contribution in [0.25, 0.3) is 0 Å². The van der Waals surface area contributed by atoms with Gasteiger partial charge in [0.25, 0.3) is 0 Å². The summed E-state index contributed by atoms with van der Waals surface area (Å²) in [4.78, 5) is 26.1. The van der Waals surface area contributed by atoms with Gasteiger partial charge in [-0.25, -0.2) is 9.59 Å². The van der Waals surface area contributed by atoms with Gasteiger partial charge in [-0.3, -0.25) is 10.2 Å². The molecule has 2 aliphatic rings. The Balaban J connectivity index is 1.56. The Labute approximate surface area is 152 Å². The number of aliphatic hydroxyl groups excluding tert-OH is 1. The van der Waals surface area contributed by atoms with Crippen LogP contribution in [-0.2, 0) is 14.3 Å². The van der Waals surface area contributed by atoms with E-state index < -0.39 is 12.1 Å². The Kier molecular flexibility index (Phi) is 5.78. The normalized spacial score (nSPS) is 24.7. The maximum atomic E-state index is 12.1. The average molecular weight is 360 g/mol. The van der Waals surface area contributed by atoms with Crippen molar-refractivity contribution in [2.24, 2.45) is 5.92 Å². The van der Waals surface area contributed by atoms with E-state index in [2.05, 4.69) is 10.2 Å². The number of ether oxygens (including phenoxy) is 2. The third kappa shape index (κ3) is 4.16. The summed E-state index contributed by atoms with van der Waals surface area (Å²) >= 11 is 0. The maximum absolute atomic E-state index is 12.1. The van der Waals surface area contributed by atoms with Gasteiger partial charge < -0.3 is 14.6 Å². The number of nitrogens with zero attached hydrogens (tertiary/aromatic N) is 1. The van der Waals surface area contributed by atoms with Crippen LogP contribution >= 0.6 is 0 Å². The molecule has 0 saturated carbocycles. The summed E-state index contributed by atoms with van der Waals surface area (Å²) in [6, 6.07) is 9.13. The summed E-state index contributed by atoms with van der Waals surface area (Å²) in [6.45, 7) is 3.22. The van der Waals surface area contributed by atoms with E-state index >= 15 is 0 Å². The van der Waals surface area contributed by atoms with Gasteiger partial charge in [0.2, 0.25) is 0 Å². The van der Waals surface area contributed by atoms with Crippen LogP contribution in [0, 0.1) is 5.92 Å². The van der Waals surface area contributed by atoms with Crippen LogP contribution in [0.3, 0.4) is 0 Å². The number of esters is 1. The molecular formula is C19H24N2O5. The van der Waals surface area contributed by atoms with Gasteiger partial charge >= 0.3 is 12.1 Å². The summed E-state index contributed by atoms with van der Waals surface area (Å²) in [5.41, 5.74) is 0.998. The fourth-order valence-corrected chi connectivity index (χ4v) is 3.47. The molecular weight excluding hydrogens is 336 g/mol. The first-order valence-corrected chi connectivity index (χ1v) is 8.90. The van der Waals surface area contributed by atoms with E-state index in [1.54, 1.807) is 19.1 Å². The molecule has 0 aromatic heterocycles. The van der Waals surface area contributed by atoms with E-state index in [1.165, 1.54) is 0 Å². The smallest absolute Gasteiger partial charge is 0.411 e. The van der Waals surface area contributed by atoms with Crippen molar-refractivity contribution in [1.29, 1.82) is 0 Å². The molecule has 7 heteroatoms. The number of hydrogen-bond donors (Lipinski definition) is 2. The summed E-state index contributed by atoms with van der Waals surface area (Å²) in [6.07, 6.45) is 1.04. The molecule has 2 heterocycles. The molecule has 26 heavy (non-hydrogen) atoms. The van der Waals surface area contributed by atoms with Crippen molar-refractivity contribution in [1.82, 2.24) is 4.90 Å². The number of piperidine rings is 1. The van der Waals surface area contributed by atoms with Crippen molar-refractivity contribution >= 4 is 17.7 Å². The first-order valence-electron chi connectivity index (χ1n) is 8.90. The predicted octanol–water partition coefficient (Wildman–Crippen LogP) is 2.70. The number of fused-ring (bicyclic) bond motifs is 2. The maximum Gasteiger partial charge on any atom is 0.411 e. The fourth-order valence-electron chi connectivity index (χ4n) is 3.47. The van der Waals surface area contributed by atoms with Crippen molar-refractivity contribution in [3.8, 4) is 0 Å². The summed E-state index contributed by atoms with van der Waals surface area (Å²) in [7, 11) is 0. The molecule has 3 rings (SSSR count). The summed E-state index contributed by atoms with van der Waals surface area (Å²) in [5.74, 6) is -0.374. The van der Waals surface area contributed by atoms with Crippen molar-refractivity contribution in [2.45, 2.75) is 25.8 Å². The number of rotatable bonds is 5. The molecule has 3 unspecified atom stereocenters. The third-order valence-electron chi connectivity index (χ3n) is 4.83. The van der Waals surface area contributed by atoms with Crippen LogP contribution < -0.4 is 5.32 Å². The second kappa shape index (κ2) is 8.23. The lowest BCUT2D eigenvalue weighted by Crippen LogP contribution is -2.51. The first kappa shape index (κ1) is 18.3. The number of nitrogens with one attached hydrogen (secondary N) is 1. The largest absolute Gasteiger partial charge is 0.511 e. The Bertz CT molecular complexity index is 688. The van der Waals surface area contributed by atoms with Crippen LogP contribution in [0.5, 0.6) is 0 Å². The molecule has 1 saturated heterocycles. The number of anilines is 1. The molecule has 140 valence electrons. The molecule has 3 atom stereocenters. The minimum atomic E-state index is -0.501. The molecule has 0 spiro atoms. The highest BCUT2D eigenvalue weighted by atomic mass is 16.5. The van der Waals surface area contributed by atoms with Gasteiger partial charge in [-0.2, -0.15) is 0 Å². The molecule has 1 fully saturated rings. The summed E-state index contributed by atoms with van der Waals surface area (Å²) in [5, 5.41) is 13.0. The molecule has 0 radical (unpaired) electrons. The number of hydrogen-bond acceptors (Lipinski definition) is 6. The highest BCUT2D eigenvalue weighted by Gasteiger charge is 2.39. The van der Waals surface area contributed by atoms with Crippen LogP contribution in [-0.4, -0.2) is 54.4 Å². The Morgan fingerprint density at radius 2 is 2.00 bits per heavy atom. The number of benzene rings is 1. The van der Waals surface area contributed by atoms with Crippen LogP contribution in [0.4, 0.5) is 10.5 Å². The van der Waals surface area contributed by atoms with E-state index in [-0.39, 0.29) is 30.9 Å². The number of para-hydroxylation sites is 1. The fraction of sp³-hybridized carbons (Fsp3) is 0.474. The van der Waals surface area contributed by atoms with Crippen molar-refractivity contribution < 1.29 is 24.2 Å². The van der Waals surface area contributed by atoms with E-state index in [9.17, 15) is 14.7 Å². The monoisotopic (exact) mass is 360 g/mol. The summed E-state index contributed by atoms with van der Waals surface area (Å²) < 4.78 is 10.4. The zero-order valence-electron chi connectivity index (χ0n) is 14.8. The van der Waals surface area contributed by atoms with E-state index in [0.717, 1.165) is 12.8 Å². The lowest BCUT2D eigenvalue weighted by atomic mass is 9.85. The van der Waals surface area contributed by atoms with Gasteiger partial charge in [0.15, 0.2) is 0 Å². The zero-order chi connectivity index (χ0) is 18.5. The van der Waals surface area contributed by atoms with E-state index in [4.69, 9.17) is 9.47 Å². The first-order chi connectivity index (χ1) is 12.6. The number of amides is 1. The van der Waals surface area contributed by atoms with Gasteiger partial charge in [-0.1, -0.05) is 18.2 Å². The zero-order valence-corrected chi connectivity index (χ0v) is 14.8. The minimum Gasteiger partial charge on any atom is -0.511 e. The van der Waals surface area contributed by atoms with Crippen molar-refractivity contribution in [3.05, 3.63) is 41.7 Å². The van der Waals surface area contributed by atoms with Gasteiger partial charge in [0, 0.05) is 30.7 Å². The molecule has 0 aliphatic carbocycles. The van der Waals surface area contributed by atoms with Gasteiger partial charge in [-0.05, 0) is 31.9 Å². The Morgan fingerprint density at radius 1 is 1.23 bits per heavy atom. The quantitative estimate of drug-likeness (QED) is 0.785. The van der Waals surface area contributed by atoms with E-state index in [0.29, 0.717) is 24.4 Å². The second-order valence-corrected chi connectivity index (χ2v) is 6.53. The second-order valence-electron chi connectivity index (χ2n) is 6.53. The molecule has 1 aromatic carbocycles. The SMILES string of the molecule is CCOC(=O)C1=C(O)C2CCC(COC(=O)Nc3ccccc3)N(C1)C2. The number of carbonyl (C=O) groups excluding carboxylic acids is 2. The number of aliphatic hydroxyl groups is 1. The topological polar surface area (TPSA) is 88.1 Å². The number of carbonyl (C=O) groups is 2. The third-order valence-corrected chi connectivity index (χ3v) is 4.83. The van der Waals surface area contributed by atoms with Crippen molar-refractivity contribution in [3.63, 3.8) is 0 Å². The average Bonchev–Trinajstić information content (AvgIpc) is 2.64. The van der Waals surface area contributed by atoms with Crippen molar-refractivity contribution in [2.75, 3.05) is 31.6 Å². The molecule has 2 N–H and O–H groups in total. The lowest BCUT2D eigenvalue weighted by Gasteiger charge is -2.42. The van der Waals surface area contributed by atoms with Gasteiger partial charge in [-0.15, -0.1) is 0 Å². The van der Waals surface area contributed by atoms with Crippen LogP contribution in [0.15, 0.2) is 41.7 Å². The van der Waals surface area contributed by atoms with E-state index in [1.807, 2.05) is 18.2 Å². The minimum absolute atomic E-state index is 0.0188. The molecule has 7 nitrogen and oxygen atoms in total. The van der Waals surface area contributed by atoms with Crippen LogP contribution in [0.1, 0.15) is 19.8 Å². The molecule has 2 aliphatic heterocycles. The lowest BCUT2D eigenvalue weighted by molar-refractivity contribution is -0.139. The molecule has 1 amide bonds. The van der Waals surface area contributed by atoms with Crippen LogP contribution in [0.2, 0.25) is 0 Å².